The second kappa shape index (κ2) is 9.68. The van der Waals surface area contributed by atoms with Crippen LogP contribution in [-0.2, 0) is 11.3 Å². The van der Waals surface area contributed by atoms with Gasteiger partial charge in [-0.2, -0.15) is 0 Å². The quantitative estimate of drug-likeness (QED) is 0.795. The lowest BCUT2D eigenvalue weighted by Crippen LogP contribution is -2.46. The van der Waals surface area contributed by atoms with Crippen molar-refractivity contribution in [2.45, 2.75) is 32.4 Å². The Morgan fingerprint density at radius 2 is 1.82 bits per heavy atom. The number of anilines is 1. The van der Waals surface area contributed by atoms with Gasteiger partial charge in [-0.25, -0.2) is 14.8 Å². The van der Waals surface area contributed by atoms with Crippen LogP contribution in [0, 0.1) is 0 Å². The Labute approximate surface area is 164 Å². The Morgan fingerprint density at radius 1 is 1.14 bits per heavy atom. The highest BCUT2D eigenvalue weighted by atomic mass is 16.6. The van der Waals surface area contributed by atoms with Gasteiger partial charge in [0.05, 0.1) is 12.2 Å². The van der Waals surface area contributed by atoms with Crippen molar-refractivity contribution >= 4 is 17.9 Å². The molecule has 0 unspecified atom stereocenters. The molecule has 8 heteroatoms. The van der Waals surface area contributed by atoms with Crippen molar-refractivity contribution in [2.75, 3.05) is 25.0 Å². The standard InChI is InChI=1S/C20H25N5O3/c1-2-28-20(27)25-10-8-17(9-11-25)24-18(26)16-13-22-19(23-14-16)21-12-15-6-4-3-5-7-15/h3-7,13-14,17H,2,8-12H2,1H3,(H,24,26)(H,21,22,23). The first-order valence-electron chi connectivity index (χ1n) is 9.48. The summed E-state index contributed by atoms with van der Waals surface area (Å²) in [6.07, 6.45) is 4.14. The fourth-order valence-corrected chi connectivity index (χ4v) is 3.00. The number of aromatic nitrogens is 2. The van der Waals surface area contributed by atoms with Gasteiger partial charge in [0, 0.05) is 38.1 Å². The highest BCUT2D eigenvalue weighted by Gasteiger charge is 2.24. The van der Waals surface area contributed by atoms with Gasteiger partial charge < -0.3 is 20.3 Å². The number of hydrogen-bond acceptors (Lipinski definition) is 6. The Kier molecular flexibility index (Phi) is 6.78. The van der Waals surface area contributed by atoms with Crippen molar-refractivity contribution in [1.82, 2.24) is 20.2 Å². The summed E-state index contributed by atoms with van der Waals surface area (Å²) in [7, 11) is 0. The average Bonchev–Trinajstić information content (AvgIpc) is 2.74. The topological polar surface area (TPSA) is 96.5 Å². The van der Waals surface area contributed by atoms with Gasteiger partial charge in [-0.3, -0.25) is 4.79 Å². The van der Waals surface area contributed by atoms with Gasteiger partial charge in [0.15, 0.2) is 0 Å². The predicted molar refractivity (Wildman–Crippen MR) is 105 cm³/mol. The number of likely N-dealkylation sites (tertiary alicyclic amines) is 1. The zero-order chi connectivity index (χ0) is 19.8. The lowest BCUT2D eigenvalue weighted by atomic mass is 10.1. The smallest absolute Gasteiger partial charge is 0.409 e. The molecule has 2 amide bonds. The Balaban J connectivity index is 1.45. The van der Waals surface area contributed by atoms with E-state index in [4.69, 9.17) is 4.74 Å². The van der Waals surface area contributed by atoms with Gasteiger partial charge in [0.25, 0.3) is 5.91 Å². The first-order valence-corrected chi connectivity index (χ1v) is 9.48. The summed E-state index contributed by atoms with van der Waals surface area (Å²) in [5.74, 6) is 0.271. The van der Waals surface area contributed by atoms with Crippen molar-refractivity contribution in [2.24, 2.45) is 0 Å². The number of rotatable bonds is 6. The minimum absolute atomic E-state index is 0.0223. The minimum Gasteiger partial charge on any atom is -0.450 e. The van der Waals surface area contributed by atoms with E-state index in [0.29, 0.717) is 50.6 Å². The number of ether oxygens (including phenoxy) is 1. The van der Waals surface area contributed by atoms with Crippen LogP contribution in [0.15, 0.2) is 42.7 Å². The molecule has 1 fully saturated rings. The highest BCUT2D eigenvalue weighted by molar-refractivity contribution is 5.93. The Bertz CT molecular complexity index is 774. The van der Waals surface area contributed by atoms with E-state index in [2.05, 4.69) is 20.6 Å². The molecule has 0 aliphatic carbocycles. The molecule has 0 atom stereocenters. The summed E-state index contributed by atoms with van der Waals surface area (Å²) in [6.45, 7) is 3.91. The average molecular weight is 383 g/mol. The molecule has 1 saturated heterocycles. The van der Waals surface area contributed by atoms with Crippen LogP contribution < -0.4 is 10.6 Å². The van der Waals surface area contributed by atoms with Crippen LogP contribution in [0.2, 0.25) is 0 Å². The lowest BCUT2D eigenvalue weighted by Gasteiger charge is -2.31. The summed E-state index contributed by atoms with van der Waals surface area (Å²) in [4.78, 5) is 34.2. The van der Waals surface area contributed by atoms with Crippen LogP contribution >= 0.6 is 0 Å². The number of nitrogens with one attached hydrogen (secondary N) is 2. The maximum atomic E-state index is 12.4. The molecule has 1 aromatic carbocycles. The van der Waals surface area contributed by atoms with E-state index >= 15 is 0 Å². The number of carbonyl (C=O) groups excluding carboxylic acids is 2. The molecular weight excluding hydrogens is 358 g/mol. The fraction of sp³-hybridized carbons (Fsp3) is 0.400. The second-order valence-electron chi connectivity index (χ2n) is 6.57. The third kappa shape index (κ3) is 5.42. The van der Waals surface area contributed by atoms with E-state index in [-0.39, 0.29) is 18.0 Å². The molecule has 1 aliphatic rings. The SMILES string of the molecule is CCOC(=O)N1CCC(NC(=O)c2cnc(NCc3ccccc3)nc2)CC1. The molecule has 0 spiro atoms. The number of nitrogens with zero attached hydrogens (tertiary/aromatic N) is 3. The first kappa shape index (κ1) is 19.6. The molecule has 2 N–H and O–H groups in total. The van der Waals surface area contributed by atoms with Crippen molar-refractivity contribution in [3.8, 4) is 0 Å². The number of benzene rings is 1. The Morgan fingerprint density at radius 3 is 2.46 bits per heavy atom. The third-order valence-electron chi connectivity index (χ3n) is 4.56. The van der Waals surface area contributed by atoms with Gasteiger partial charge >= 0.3 is 6.09 Å². The van der Waals surface area contributed by atoms with Gasteiger partial charge in [0.1, 0.15) is 0 Å². The van der Waals surface area contributed by atoms with Crippen LogP contribution in [-0.4, -0.2) is 52.6 Å². The van der Waals surface area contributed by atoms with Crippen molar-refractivity contribution in [3.05, 3.63) is 53.9 Å². The molecule has 2 heterocycles. The van der Waals surface area contributed by atoms with Crippen LogP contribution in [0.4, 0.5) is 10.7 Å². The van der Waals surface area contributed by atoms with Gasteiger partial charge in [-0.1, -0.05) is 30.3 Å². The fourth-order valence-electron chi connectivity index (χ4n) is 3.00. The summed E-state index contributed by atoms with van der Waals surface area (Å²) < 4.78 is 5.00. The molecule has 0 saturated carbocycles. The normalized spacial score (nSPS) is 14.4. The van der Waals surface area contributed by atoms with Gasteiger partial charge in [-0.15, -0.1) is 0 Å². The maximum Gasteiger partial charge on any atom is 0.409 e. The zero-order valence-electron chi connectivity index (χ0n) is 15.9. The number of carbonyl (C=O) groups is 2. The second-order valence-corrected chi connectivity index (χ2v) is 6.57. The number of hydrogen-bond donors (Lipinski definition) is 2. The number of amides is 2. The third-order valence-corrected chi connectivity index (χ3v) is 4.56. The Hall–Kier alpha value is -3.16. The van der Waals surface area contributed by atoms with Crippen LogP contribution in [0.25, 0.3) is 0 Å². The van der Waals surface area contributed by atoms with E-state index in [1.54, 1.807) is 11.8 Å². The van der Waals surface area contributed by atoms with Gasteiger partial charge in [0.2, 0.25) is 5.95 Å². The van der Waals surface area contributed by atoms with Crippen molar-refractivity contribution < 1.29 is 14.3 Å². The largest absolute Gasteiger partial charge is 0.450 e. The summed E-state index contributed by atoms with van der Waals surface area (Å²) in [6, 6.07) is 9.97. The molecule has 1 aliphatic heterocycles. The predicted octanol–water partition coefficient (Wildman–Crippen LogP) is 2.44. The summed E-state index contributed by atoms with van der Waals surface area (Å²) in [5.41, 5.74) is 1.54. The molecular formula is C20H25N5O3. The molecule has 0 radical (unpaired) electrons. The summed E-state index contributed by atoms with van der Waals surface area (Å²) in [5, 5.41) is 6.12. The molecule has 148 valence electrons. The first-order chi connectivity index (χ1) is 13.7. The maximum absolute atomic E-state index is 12.4. The zero-order valence-corrected chi connectivity index (χ0v) is 15.9. The van der Waals surface area contributed by atoms with Crippen molar-refractivity contribution in [1.29, 1.82) is 0 Å². The van der Waals surface area contributed by atoms with Crippen molar-refractivity contribution in [3.63, 3.8) is 0 Å². The summed E-state index contributed by atoms with van der Waals surface area (Å²) >= 11 is 0. The van der Waals surface area contributed by atoms with Crippen LogP contribution in [0.5, 0.6) is 0 Å². The molecule has 2 aromatic rings. The molecule has 28 heavy (non-hydrogen) atoms. The number of piperidine rings is 1. The molecule has 8 nitrogen and oxygen atoms in total. The molecule has 3 rings (SSSR count). The molecule has 1 aromatic heterocycles. The lowest BCUT2D eigenvalue weighted by molar-refractivity contribution is 0.0859. The molecule has 0 bridgehead atoms. The van der Waals surface area contributed by atoms with Gasteiger partial charge in [-0.05, 0) is 25.3 Å². The monoisotopic (exact) mass is 383 g/mol. The van der Waals surface area contributed by atoms with E-state index in [1.165, 1.54) is 12.4 Å². The minimum atomic E-state index is -0.292. The van der Waals surface area contributed by atoms with E-state index < -0.39 is 0 Å². The van der Waals surface area contributed by atoms with Crippen LogP contribution in [0.1, 0.15) is 35.7 Å². The van der Waals surface area contributed by atoms with E-state index in [1.807, 2.05) is 30.3 Å². The van der Waals surface area contributed by atoms with E-state index in [9.17, 15) is 9.59 Å². The van der Waals surface area contributed by atoms with Crippen LogP contribution in [0.3, 0.4) is 0 Å². The van der Waals surface area contributed by atoms with E-state index in [0.717, 1.165) is 5.56 Å². The highest BCUT2D eigenvalue weighted by Crippen LogP contribution is 2.12.